The highest BCUT2D eigenvalue weighted by Crippen LogP contribution is 2.28. The third-order valence-electron chi connectivity index (χ3n) is 3.58. The van der Waals surface area contributed by atoms with Crippen LogP contribution in [-0.4, -0.2) is 34.6 Å². The van der Waals surface area contributed by atoms with Gasteiger partial charge in [0.15, 0.2) is 0 Å². The predicted octanol–water partition coefficient (Wildman–Crippen LogP) is 3.93. The van der Waals surface area contributed by atoms with Gasteiger partial charge in [-0.05, 0) is 52.9 Å². The fourth-order valence-electron chi connectivity index (χ4n) is 2.40. The molecule has 1 fully saturated rings. The SMILES string of the molecule is CC1CCN(C(=O)Nc2ccc(Br)cc2Br)C(C(=O)O)C1. The maximum atomic E-state index is 12.3. The number of hydrogen-bond acceptors (Lipinski definition) is 2. The molecule has 1 saturated heterocycles. The number of piperidine rings is 1. The highest BCUT2D eigenvalue weighted by molar-refractivity contribution is 9.11. The number of amides is 2. The van der Waals surface area contributed by atoms with Crippen molar-refractivity contribution in [1.82, 2.24) is 4.90 Å². The van der Waals surface area contributed by atoms with E-state index in [1.165, 1.54) is 4.90 Å². The molecule has 0 aromatic heterocycles. The highest BCUT2D eigenvalue weighted by Gasteiger charge is 2.34. The largest absolute Gasteiger partial charge is 0.480 e. The second-order valence-electron chi connectivity index (χ2n) is 5.23. The number of carbonyl (C=O) groups excluding carboxylic acids is 1. The van der Waals surface area contributed by atoms with Crippen molar-refractivity contribution in [3.8, 4) is 0 Å². The van der Waals surface area contributed by atoms with Crippen molar-refractivity contribution in [2.24, 2.45) is 5.92 Å². The molecule has 1 aliphatic heterocycles. The minimum atomic E-state index is -0.952. The van der Waals surface area contributed by atoms with Gasteiger partial charge in [-0.25, -0.2) is 9.59 Å². The van der Waals surface area contributed by atoms with Crippen molar-refractivity contribution >= 4 is 49.5 Å². The number of halogens is 2. The second-order valence-corrected chi connectivity index (χ2v) is 7.00. The third kappa shape index (κ3) is 3.97. The van der Waals surface area contributed by atoms with E-state index in [9.17, 15) is 14.7 Å². The van der Waals surface area contributed by atoms with Crippen LogP contribution in [0.5, 0.6) is 0 Å². The van der Waals surface area contributed by atoms with Gasteiger partial charge >= 0.3 is 12.0 Å². The van der Waals surface area contributed by atoms with Crippen molar-refractivity contribution in [1.29, 1.82) is 0 Å². The zero-order chi connectivity index (χ0) is 15.6. The van der Waals surface area contributed by atoms with Crippen LogP contribution in [0, 0.1) is 5.92 Å². The smallest absolute Gasteiger partial charge is 0.326 e. The molecule has 114 valence electrons. The lowest BCUT2D eigenvalue weighted by atomic mass is 9.93. The quantitative estimate of drug-likeness (QED) is 0.762. The number of rotatable bonds is 2. The highest BCUT2D eigenvalue weighted by atomic mass is 79.9. The molecule has 0 spiro atoms. The molecule has 5 nitrogen and oxygen atoms in total. The van der Waals surface area contributed by atoms with Crippen molar-refractivity contribution in [2.75, 3.05) is 11.9 Å². The minimum absolute atomic E-state index is 0.314. The second kappa shape index (κ2) is 6.79. The summed E-state index contributed by atoms with van der Waals surface area (Å²) >= 11 is 6.72. The van der Waals surface area contributed by atoms with Crippen LogP contribution in [0.3, 0.4) is 0 Å². The van der Waals surface area contributed by atoms with Gasteiger partial charge in [-0.2, -0.15) is 0 Å². The molecule has 2 rings (SSSR count). The third-order valence-corrected chi connectivity index (χ3v) is 4.73. The Balaban J connectivity index is 2.13. The number of nitrogens with zero attached hydrogens (tertiary/aromatic N) is 1. The van der Waals surface area contributed by atoms with Crippen molar-refractivity contribution in [3.63, 3.8) is 0 Å². The van der Waals surface area contributed by atoms with E-state index in [0.717, 1.165) is 15.4 Å². The van der Waals surface area contributed by atoms with Crippen LogP contribution < -0.4 is 5.32 Å². The van der Waals surface area contributed by atoms with Crippen LogP contribution in [0.4, 0.5) is 10.5 Å². The lowest BCUT2D eigenvalue weighted by molar-refractivity contribution is -0.143. The first-order chi connectivity index (χ1) is 9.88. The number of urea groups is 1. The van der Waals surface area contributed by atoms with Crippen LogP contribution in [0.1, 0.15) is 19.8 Å². The van der Waals surface area contributed by atoms with Crippen LogP contribution in [0.2, 0.25) is 0 Å². The Bertz CT molecular complexity index is 565. The Morgan fingerprint density at radius 2 is 2.10 bits per heavy atom. The minimum Gasteiger partial charge on any atom is -0.480 e. The number of hydrogen-bond donors (Lipinski definition) is 2. The van der Waals surface area contributed by atoms with Gasteiger partial charge in [0.05, 0.1) is 5.69 Å². The summed E-state index contributed by atoms with van der Waals surface area (Å²) in [5, 5.41) is 12.1. The van der Waals surface area contributed by atoms with Gasteiger partial charge in [0.2, 0.25) is 0 Å². The number of nitrogens with one attached hydrogen (secondary N) is 1. The molecule has 7 heteroatoms. The first-order valence-electron chi connectivity index (χ1n) is 6.64. The number of carboxylic acids is 1. The molecule has 0 bridgehead atoms. The molecule has 2 unspecified atom stereocenters. The number of aliphatic carboxylic acids is 1. The predicted molar refractivity (Wildman–Crippen MR) is 87.4 cm³/mol. The summed E-state index contributed by atoms with van der Waals surface area (Å²) in [7, 11) is 0. The topological polar surface area (TPSA) is 69.6 Å². The molecule has 21 heavy (non-hydrogen) atoms. The first kappa shape index (κ1) is 16.3. The summed E-state index contributed by atoms with van der Waals surface area (Å²) in [5.74, 6) is -0.638. The number of carboxylic acid groups (broad SMARTS) is 1. The van der Waals surface area contributed by atoms with E-state index in [2.05, 4.69) is 37.2 Å². The molecule has 0 saturated carbocycles. The number of benzene rings is 1. The van der Waals surface area contributed by atoms with E-state index in [1.54, 1.807) is 6.07 Å². The molecular formula is C14H16Br2N2O3. The first-order valence-corrected chi connectivity index (χ1v) is 8.22. The number of likely N-dealkylation sites (tertiary alicyclic amines) is 1. The Kier molecular flexibility index (Phi) is 5.27. The van der Waals surface area contributed by atoms with Gasteiger partial charge in [-0.3, -0.25) is 0 Å². The van der Waals surface area contributed by atoms with Gasteiger partial charge in [0.25, 0.3) is 0 Å². The summed E-state index contributed by atoms with van der Waals surface area (Å²) in [6.07, 6.45) is 1.31. The fourth-order valence-corrected chi connectivity index (χ4v) is 3.54. The van der Waals surface area contributed by atoms with Crippen molar-refractivity contribution in [2.45, 2.75) is 25.8 Å². The van der Waals surface area contributed by atoms with Gasteiger partial charge < -0.3 is 15.3 Å². The van der Waals surface area contributed by atoms with E-state index in [1.807, 2.05) is 19.1 Å². The molecule has 2 amide bonds. The van der Waals surface area contributed by atoms with Crippen LogP contribution >= 0.6 is 31.9 Å². The van der Waals surface area contributed by atoms with Gasteiger partial charge in [0.1, 0.15) is 6.04 Å². The summed E-state index contributed by atoms with van der Waals surface area (Å²) in [4.78, 5) is 25.1. The normalized spacial score (nSPS) is 22.0. The Morgan fingerprint density at radius 3 is 2.71 bits per heavy atom. The van der Waals surface area contributed by atoms with E-state index < -0.39 is 12.0 Å². The molecule has 1 heterocycles. The van der Waals surface area contributed by atoms with Gasteiger partial charge in [0, 0.05) is 15.5 Å². The molecule has 0 aliphatic carbocycles. The van der Waals surface area contributed by atoms with Gasteiger partial charge in [-0.15, -0.1) is 0 Å². The molecule has 1 aromatic carbocycles. The Labute approximate surface area is 140 Å². The molecular weight excluding hydrogens is 404 g/mol. The van der Waals surface area contributed by atoms with E-state index in [0.29, 0.717) is 24.6 Å². The van der Waals surface area contributed by atoms with Crippen molar-refractivity contribution in [3.05, 3.63) is 27.1 Å². The monoisotopic (exact) mass is 418 g/mol. The molecule has 2 N–H and O–H groups in total. The lowest BCUT2D eigenvalue weighted by Gasteiger charge is -2.35. The zero-order valence-electron chi connectivity index (χ0n) is 11.5. The molecule has 1 aromatic rings. The number of anilines is 1. The van der Waals surface area contributed by atoms with E-state index in [4.69, 9.17) is 0 Å². The molecule has 0 radical (unpaired) electrons. The maximum Gasteiger partial charge on any atom is 0.326 e. The van der Waals surface area contributed by atoms with Crippen LogP contribution in [0.15, 0.2) is 27.1 Å². The van der Waals surface area contributed by atoms with Crippen LogP contribution in [-0.2, 0) is 4.79 Å². The maximum absolute atomic E-state index is 12.3. The molecule has 1 aliphatic rings. The van der Waals surface area contributed by atoms with Crippen LogP contribution in [0.25, 0.3) is 0 Å². The summed E-state index contributed by atoms with van der Waals surface area (Å²) < 4.78 is 1.63. The zero-order valence-corrected chi connectivity index (χ0v) is 14.6. The fraction of sp³-hybridized carbons (Fsp3) is 0.429. The van der Waals surface area contributed by atoms with Crippen molar-refractivity contribution < 1.29 is 14.7 Å². The summed E-state index contributed by atoms with van der Waals surface area (Å²) in [6, 6.07) is 4.25. The Morgan fingerprint density at radius 1 is 1.38 bits per heavy atom. The van der Waals surface area contributed by atoms with E-state index in [-0.39, 0.29) is 6.03 Å². The standard InChI is InChI=1S/C14H16Br2N2O3/c1-8-4-5-18(12(6-8)13(19)20)14(21)17-11-3-2-9(15)7-10(11)16/h2-3,7-8,12H,4-6H2,1H3,(H,17,21)(H,19,20). The average Bonchev–Trinajstić information content (AvgIpc) is 2.41. The Hall–Kier alpha value is -1.08. The summed E-state index contributed by atoms with van der Waals surface area (Å²) in [6.45, 7) is 2.47. The summed E-state index contributed by atoms with van der Waals surface area (Å²) in [5.41, 5.74) is 0.617. The average molecular weight is 420 g/mol. The lowest BCUT2D eigenvalue weighted by Crippen LogP contribution is -2.51. The van der Waals surface area contributed by atoms with Gasteiger partial charge in [-0.1, -0.05) is 22.9 Å². The van der Waals surface area contributed by atoms with E-state index >= 15 is 0 Å². The molecule has 2 atom stereocenters. The number of carbonyl (C=O) groups is 2.